The maximum atomic E-state index is 13.5. The Labute approximate surface area is 161 Å². The second-order valence-corrected chi connectivity index (χ2v) is 7.22. The number of amides is 1. The summed E-state index contributed by atoms with van der Waals surface area (Å²) in [6.45, 7) is 18.1. The van der Waals surface area contributed by atoms with Gasteiger partial charge in [-0.2, -0.15) is 0 Å². The summed E-state index contributed by atoms with van der Waals surface area (Å²) in [7, 11) is 1.30. The van der Waals surface area contributed by atoms with Crippen LogP contribution in [-0.2, 0) is 9.53 Å². The number of benzene rings is 1. The van der Waals surface area contributed by atoms with E-state index in [4.69, 9.17) is 11.3 Å². The van der Waals surface area contributed by atoms with Crippen molar-refractivity contribution in [3.05, 3.63) is 34.7 Å². The third-order valence-electron chi connectivity index (χ3n) is 6.42. The van der Waals surface area contributed by atoms with Crippen molar-refractivity contribution in [2.45, 2.75) is 52.5 Å². The molecule has 0 saturated heterocycles. The van der Waals surface area contributed by atoms with Gasteiger partial charge in [0.15, 0.2) is 11.2 Å². The summed E-state index contributed by atoms with van der Waals surface area (Å²) in [6.07, 6.45) is 2.73. The Balaban J connectivity index is 2.48. The van der Waals surface area contributed by atoms with Crippen molar-refractivity contribution in [1.82, 2.24) is 0 Å². The minimum atomic E-state index is -0.552. The van der Waals surface area contributed by atoms with Crippen molar-refractivity contribution in [2.24, 2.45) is 0 Å². The van der Waals surface area contributed by atoms with E-state index in [2.05, 4.69) is 30.9 Å². The SMILES string of the molecule is [C-]#[N+]c1cc(C)c(NC(=O)C2([N+](CC)(CC)CC)CCC2)c(C(=O)OC)c1. The van der Waals surface area contributed by atoms with Gasteiger partial charge in [0.2, 0.25) is 0 Å². The van der Waals surface area contributed by atoms with Gasteiger partial charge in [-0.25, -0.2) is 9.64 Å². The van der Waals surface area contributed by atoms with E-state index in [1.807, 2.05) is 0 Å². The number of nitrogens with one attached hydrogen (secondary N) is 1. The normalized spacial score (nSPS) is 15.4. The van der Waals surface area contributed by atoms with Gasteiger partial charge in [0.25, 0.3) is 5.91 Å². The first-order valence-corrected chi connectivity index (χ1v) is 9.62. The van der Waals surface area contributed by atoms with E-state index in [0.29, 0.717) is 16.9 Å². The summed E-state index contributed by atoms with van der Waals surface area (Å²) >= 11 is 0. The standard InChI is InChI=1S/C21H29N3O3/c1-7-24(8-2,9-3)21(11-10-12-21)20(26)23-18-15(4)13-16(22-5)14-17(18)19(25)27-6/h13-14H,7-12H2,1-4,6H3/p+1. The number of hydrogen-bond donors (Lipinski definition) is 1. The molecule has 0 aliphatic heterocycles. The lowest BCUT2D eigenvalue weighted by molar-refractivity contribution is -0.967. The highest BCUT2D eigenvalue weighted by atomic mass is 16.5. The predicted molar refractivity (Wildman–Crippen MR) is 106 cm³/mol. The molecule has 0 aromatic heterocycles. The van der Waals surface area contributed by atoms with E-state index in [1.165, 1.54) is 13.2 Å². The number of rotatable bonds is 7. The van der Waals surface area contributed by atoms with E-state index in [-0.39, 0.29) is 11.5 Å². The van der Waals surface area contributed by atoms with Gasteiger partial charge in [-0.3, -0.25) is 4.79 Å². The first-order chi connectivity index (χ1) is 12.8. The molecule has 146 valence electrons. The van der Waals surface area contributed by atoms with Gasteiger partial charge >= 0.3 is 5.97 Å². The van der Waals surface area contributed by atoms with Crippen LogP contribution in [0.25, 0.3) is 4.85 Å². The Morgan fingerprint density at radius 2 is 1.81 bits per heavy atom. The van der Waals surface area contributed by atoms with Crippen molar-refractivity contribution >= 4 is 23.3 Å². The minimum Gasteiger partial charge on any atom is -0.465 e. The predicted octanol–water partition coefficient (Wildman–Crippen LogP) is 4.07. The molecule has 0 unspecified atom stereocenters. The van der Waals surface area contributed by atoms with Crippen LogP contribution in [0.2, 0.25) is 0 Å². The largest absolute Gasteiger partial charge is 0.465 e. The lowest BCUT2D eigenvalue weighted by Gasteiger charge is -2.55. The average Bonchev–Trinajstić information content (AvgIpc) is 2.65. The Morgan fingerprint density at radius 3 is 2.22 bits per heavy atom. The summed E-state index contributed by atoms with van der Waals surface area (Å²) in [5, 5.41) is 3.04. The van der Waals surface area contributed by atoms with Gasteiger partial charge < -0.3 is 14.5 Å². The Hall–Kier alpha value is -2.39. The number of ether oxygens (including phenoxy) is 1. The Morgan fingerprint density at radius 1 is 1.22 bits per heavy atom. The fourth-order valence-electron chi connectivity index (χ4n) is 4.51. The van der Waals surface area contributed by atoms with Gasteiger partial charge in [-0.15, -0.1) is 0 Å². The molecule has 0 spiro atoms. The van der Waals surface area contributed by atoms with Crippen molar-refractivity contribution in [3.63, 3.8) is 0 Å². The van der Waals surface area contributed by atoms with E-state index in [9.17, 15) is 9.59 Å². The third kappa shape index (κ3) is 3.32. The van der Waals surface area contributed by atoms with Gasteiger partial charge in [-0.05, 0) is 45.7 Å². The number of nitrogens with zero attached hydrogens (tertiary/aromatic N) is 2. The molecule has 1 aliphatic rings. The summed E-state index contributed by atoms with van der Waals surface area (Å²) in [4.78, 5) is 29.1. The Bertz CT molecular complexity index is 763. The number of methoxy groups -OCH3 is 1. The molecule has 1 N–H and O–H groups in total. The van der Waals surface area contributed by atoms with Crippen LogP contribution in [0.1, 0.15) is 56.0 Å². The van der Waals surface area contributed by atoms with Gasteiger partial charge in [-0.1, -0.05) is 6.07 Å². The number of hydrogen-bond acceptors (Lipinski definition) is 3. The average molecular weight is 372 g/mol. The molecule has 1 fully saturated rings. The molecule has 1 aliphatic carbocycles. The fourth-order valence-corrected chi connectivity index (χ4v) is 4.51. The van der Waals surface area contributed by atoms with E-state index < -0.39 is 11.5 Å². The number of anilines is 1. The summed E-state index contributed by atoms with van der Waals surface area (Å²) in [6, 6.07) is 3.17. The highest BCUT2D eigenvalue weighted by Gasteiger charge is 2.58. The summed E-state index contributed by atoms with van der Waals surface area (Å²) < 4.78 is 5.61. The molecule has 6 nitrogen and oxygen atoms in total. The monoisotopic (exact) mass is 372 g/mol. The van der Waals surface area contributed by atoms with Crippen LogP contribution < -0.4 is 5.32 Å². The second kappa shape index (κ2) is 8.10. The van der Waals surface area contributed by atoms with Crippen LogP contribution in [0, 0.1) is 13.5 Å². The lowest BCUT2D eigenvalue weighted by Crippen LogP contribution is -2.72. The highest BCUT2D eigenvalue weighted by molar-refractivity contribution is 6.05. The molecule has 0 bridgehead atoms. The van der Waals surface area contributed by atoms with Gasteiger partial charge in [0.05, 0.1) is 44.6 Å². The number of aryl methyl sites for hydroxylation is 1. The molecular formula is C21H30N3O3+. The number of carbonyl (C=O) groups excluding carboxylic acids is 2. The fraction of sp³-hybridized carbons (Fsp3) is 0.571. The topological polar surface area (TPSA) is 59.8 Å². The minimum absolute atomic E-state index is 0.0388. The van der Waals surface area contributed by atoms with Gasteiger partial charge in [0, 0.05) is 12.8 Å². The molecular weight excluding hydrogens is 342 g/mol. The van der Waals surface area contributed by atoms with Crippen molar-refractivity contribution < 1.29 is 18.8 Å². The summed E-state index contributed by atoms with van der Waals surface area (Å²) in [5.41, 5.74) is 1.26. The molecule has 27 heavy (non-hydrogen) atoms. The maximum absolute atomic E-state index is 13.5. The van der Waals surface area contributed by atoms with Crippen LogP contribution in [-0.4, -0.2) is 48.6 Å². The van der Waals surface area contributed by atoms with E-state index >= 15 is 0 Å². The zero-order valence-electron chi connectivity index (χ0n) is 17.0. The molecule has 0 heterocycles. The van der Waals surface area contributed by atoms with Gasteiger partial charge in [0.1, 0.15) is 0 Å². The molecule has 2 rings (SSSR count). The quantitative estimate of drug-likeness (QED) is 0.446. The Kier molecular flexibility index (Phi) is 6.27. The van der Waals surface area contributed by atoms with Crippen molar-refractivity contribution in [2.75, 3.05) is 32.1 Å². The molecule has 6 heteroatoms. The number of carbonyl (C=O) groups is 2. The van der Waals surface area contributed by atoms with Crippen LogP contribution in [0.15, 0.2) is 12.1 Å². The molecule has 0 radical (unpaired) electrons. The highest BCUT2D eigenvalue weighted by Crippen LogP contribution is 2.44. The van der Waals surface area contributed by atoms with E-state index in [0.717, 1.165) is 43.4 Å². The first kappa shape index (κ1) is 20.9. The molecule has 0 atom stereocenters. The zero-order chi connectivity index (χ0) is 20.2. The first-order valence-electron chi connectivity index (χ1n) is 9.62. The van der Waals surface area contributed by atoms with Crippen LogP contribution >= 0.6 is 0 Å². The van der Waals surface area contributed by atoms with Crippen molar-refractivity contribution in [1.29, 1.82) is 0 Å². The molecule has 1 amide bonds. The molecule has 1 aromatic carbocycles. The summed E-state index contributed by atoms with van der Waals surface area (Å²) in [5.74, 6) is -0.591. The number of likely N-dealkylation sites (N-methyl/N-ethyl adjacent to an activating group) is 1. The third-order valence-corrected chi connectivity index (χ3v) is 6.42. The number of quaternary nitrogens is 1. The zero-order valence-corrected chi connectivity index (χ0v) is 17.0. The maximum Gasteiger partial charge on any atom is 0.338 e. The molecule has 1 saturated carbocycles. The van der Waals surface area contributed by atoms with Crippen molar-refractivity contribution in [3.8, 4) is 0 Å². The molecule has 1 aromatic rings. The number of esters is 1. The lowest BCUT2D eigenvalue weighted by atomic mass is 9.72. The van der Waals surface area contributed by atoms with Crippen LogP contribution in [0.5, 0.6) is 0 Å². The van der Waals surface area contributed by atoms with E-state index in [1.54, 1.807) is 13.0 Å². The second-order valence-electron chi connectivity index (χ2n) is 7.22. The van der Waals surface area contributed by atoms with Crippen LogP contribution in [0.3, 0.4) is 0 Å². The van der Waals surface area contributed by atoms with Crippen LogP contribution in [0.4, 0.5) is 11.4 Å². The smallest absolute Gasteiger partial charge is 0.338 e.